The van der Waals surface area contributed by atoms with E-state index in [-0.39, 0.29) is 18.0 Å². The molecule has 0 amide bonds. The van der Waals surface area contributed by atoms with Crippen LogP contribution in [0.25, 0.3) is 0 Å². The summed E-state index contributed by atoms with van der Waals surface area (Å²) in [6.07, 6.45) is 0. The van der Waals surface area contributed by atoms with Gasteiger partial charge in [0, 0.05) is 19.6 Å². The van der Waals surface area contributed by atoms with Crippen LogP contribution in [0.5, 0.6) is 0 Å². The Hall–Kier alpha value is -1.02. The fourth-order valence-electron chi connectivity index (χ4n) is 1.50. The fraction of sp³-hybridized carbons (Fsp3) is 0.500. The molecule has 0 aliphatic carbocycles. The van der Waals surface area contributed by atoms with Gasteiger partial charge < -0.3 is 10.6 Å². The molecule has 0 aliphatic heterocycles. The Labute approximate surface area is 113 Å². The van der Waals surface area contributed by atoms with Crippen LogP contribution in [-0.2, 0) is 16.6 Å². The number of nitrogens with zero attached hydrogens (tertiary/aromatic N) is 1. The first-order valence-corrected chi connectivity index (χ1v) is 7.55. The van der Waals surface area contributed by atoms with E-state index >= 15 is 0 Å². The molecule has 3 N–H and O–H groups in total. The molecule has 1 rings (SSSR count). The van der Waals surface area contributed by atoms with E-state index in [1.54, 1.807) is 0 Å². The molecular formula is C12H20FN3O2S. The number of rotatable bonds is 7. The van der Waals surface area contributed by atoms with Gasteiger partial charge in [-0.05, 0) is 31.3 Å². The molecule has 0 saturated carbocycles. The quantitative estimate of drug-likeness (QED) is 0.767. The predicted octanol–water partition coefficient (Wildman–Crippen LogP) is 0.514. The van der Waals surface area contributed by atoms with Gasteiger partial charge in [0.15, 0.2) is 0 Å². The Morgan fingerprint density at radius 3 is 2.63 bits per heavy atom. The largest absolute Gasteiger partial charge is 0.326 e. The highest BCUT2D eigenvalue weighted by Crippen LogP contribution is 2.15. The minimum atomic E-state index is -3.81. The minimum Gasteiger partial charge on any atom is -0.326 e. The molecule has 7 heteroatoms. The lowest BCUT2D eigenvalue weighted by molar-refractivity contribution is 0.357. The van der Waals surface area contributed by atoms with Crippen LogP contribution in [0.1, 0.15) is 12.5 Å². The first-order valence-electron chi connectivity index (χ1n) is 6.07. The van der Waals surface area contributed by atoms with Crippen molar-refractivity contribution >= 4 is 10.0 Å². The molecular weight excluding hydrogens is 269 g/mol. The van der Waals surface area contributed by atoms with Gasteiger partial charge in [-0.1, -0.05) is 13.0 Å². The summed E-state index contributed by atoms with van der Waals surface area (Å²) in [7, 11) is -1.93. The van der Waals surface area contributed by atoms with Gasteiger partial charge >= 0.3 is 0 Å². The van der Waals surface area contributed by atoms with Crippen molar-refractivity contribution in [3.05, 3.63) is 29.6 Å². The maximum absolute atomic E-state index is 13.7. The molecule has 0 fully saturated rings. The molecule has 0 aromatic heterocycles. The zero-order chi connectivity index (χ0) is 14.5. The van der Waals surface area contributed by atoms with E-state index in [0.717, 1.165) is 12.6 Å². The Morgan fingerprint density at radius 2 is 2.11 bits per heavy atom. The second-order valence-corrected chi connectivity index (χ2v) is 6.00. The van der Waals surface area contributed by atoms with Gasteiger partial charge in [0.05, 0.1) is 0 Å². The molecule has 0 saturated heterocycles. The first-order chi connectivity index (χ1) is 8.90. The van der Waals surface area contributed by atoms with Crippen molar-refractivity contribution in [2.45, 2.75) is 18.4 Å². The first kappa shape index (κ1) is 16.0. The fourth-order valence-corrected chi connectivity index (χ4v) is 2.57. The van der Waals surface area contributed by atoms with Gasteiger partial charge in [0.25, 0.3) is 0 Å². The van der Waals surface area contributed by atoms with Gasteiger partial charge in [-0.15, -0.1) is 0 Å². The van der Waals surface area contributed by atoms with Crippen LogP contribution in [0.3, 0.4) is 0 Å². The second-order valence-electron chi connectivity index (χ2n) is 4.26. The SMILES string of the molecule is CCN(C)CCNS(=O)(=O)c1ccc(CN)cc1F. The molecule has 0 spiro atoms. The van der Waals surface area contributed by atoms with Crippen LogP contribution in [0.15, 0.2) is 23.1 Å². The summed E-state index contributed by atoms with van der Waals surface area (Å²) >= 11 is 0. The molecule has 0 aliphatic rings. The molecule has 1 aromatic rings. The Kier molecular flexibility index (Phi) is 5.86. The Bertz CT molecular complexity index is 520. The summed E-state index contributed by atoms with van der Waals surface area (Å²) in [6.45, 7) is 3.77. The lowest BCUT2D eigenvalue weighted by Gasteiger charge is -2.14. The Balaban J connectivity index is 2.77. The normalized spacial score (nSPS) is 12.1. The summed E-state index contributed by atoms with van der Waals surface area (Å²) in [5.74, 6) is -0.778. The van der Waals surface area contributed by atoms with Crippen molar-refractivity contribution in [3.63, 3.8) is 0 Å². The topological polar surface area (TPSA) is 75.4 Å². The second kappa shape index (κ2) is 6.95. The predicted molar refractivity (Wildman–Crippen MR) is 72.7 cm³/mol. The molecule has 108 valence electrons. The average molecular weight is 289 g/mol. The van der Waals surface area contributed by atoms with E-state index in [2.05, 4.69) is 4.72 Å². The molecule has 0 radical (unpaired) electrons. The zero-order valence-electron chi connectivity index (χ0n) is 11.2. The van der Waals surface area contributed by atoms with Crippen LogP contribution in [0.4, 0.5) is 4.39 Å². The van der Waals surface area contributed by atoms with Gasteiger partial charge in [0.2, 0.25) is 10.0 Å². The highest BCUT2D eigenvalue weighted by Gasteiger charge is 2.18. The minimum absolute atomic E-state index is 0.173. The lowest BCUT2D eigenvalue weighted by atomic mass is 10.2. The monoisotopic (exact) mass is 289 g/mol. The third kappa shape index (κ3) is 4.54. The van der Waals surface area contributed by atoms with Crippen molar-refractivity contribution in [2.75, 3.05) is 26.7 Å². The number of benzene rings is 1. The van der Waals surface area contributed by atoms with Crippen molar-refractivity contribution in [1.82, 2.24) is 9.62 Å². The third-order valence-electron chi connectivity index (χ3n) is 2.85. The van der Waals surface area contributed by atoms with E-state index in [1.165, 1.54) is 12.1 Å². The molecule has 0 unspecified atom stereocenters. The van der Waals surface area contributed by atoms with Crippen molar-refractivity contribution < 1.29 is 12.8 Å². The van der Waals surface area contributed by atoms with Gasteiger partial charge in [-0.2, -0.15) is 0 Å². The number of hydrogen-bond acceptors (Lipinski definition) is 4. The third-order valence-corrected chi connectivity index (χ3v) is 4.34. The van der Waals surface area contributed by atoms with E-state index in [1.807, 2.05) is 18.9 Å². The molecule has 0 atom stereocenters. The maximum Gasteiger partial charge on any atom is 0.243 e. The number of sulfonamides is 1. The van der Waals surface area contributed by atoms with E-state index < -0.39 is 15.8 Å². The number of likely N-dealkylation sites (N-methyl/N-ethyl adjacent to an activating group) is 1. The average Bonchev–Trinajstić information content (AvgIpc) is 2.37. The van der Waals surface area contributed by atoms with Gasteiger partial charge in [-0.25, -0.2) is 17.5 Å². The van der Waals surface area contributed by atoms with E-state index in [4.69, 9.17) is 5.73 Å². The molecule has 5 nitrogen and oxygen atoms in total. The maximum atomic E-state index is 13.7. The van der Waals surface area contributed by atoms with Crippen LogP contribution in [0, 0.1) is 5.82 Å². The van der Waals surface area contributed by atoms with Crippen molar-refractivity contribution in [3.8, 4) is 0 Å². The van der Waals surface area contributed by atoms with Crippen LogP contribution in [-0.4, -0.2) is 40.0 Å². The highest BCUT2D eigenvalue weighted by molar-refractivity contribution is 7.89. The summed E-state index contributed by atoms with van der Waals surface area (Å²) in [5.41, 5.74) is 5.93. The van der Waals surface area contributed by atoms with Crippen LogP contribution < -0.4 is 10.5 Å². The number of halogens is 1. The number of hydrogen-bond donors (Lipinski definition) is 2. The van der Waals surface area contributed by atoms with Crippen molar-refractivity contribution in [2.24, 2.45) is 5.73 Å². The Morgan fingerprint density at radius 1 is 1.42 bits per heavy atom. The standard InChI is InChI=1S/C12H20FN3O2S/c1-3-16(2)7-6-15-19(17,18)12-5-4-10(9-14)8-11(12)13/h4-5,8,15H,3,6-7,9,14H2,1-2H3. The number of nitrogens with one attached hydrogen (secondary N) is 1. The molecule has 19 heavy (non-hydrogen) atoms. The smallest absolute Gasteiger partial charge is 0.243 e. The van der Waals surface area contributed by atoms with E-state index in [9.17, 15) is 12.8 Å². The summed E-state index contributed by atoms with van der Waals surface area (Å²) < 4.78 is 39.9. The zero-order valence-corrected chi connectivity index (χ0v) is 12.0. The van der Waals surface area contributed by atoms with E-state index in [0.29, 0.717) is 12.1 Å². The van der Waals surface area contributed by atoms with Gasteiger partial charge in [-0.3, -0.25) is 0 Å². The number of nitrogens with two attached hydrogens (primary N) is 1. The molecule has 1 aromatic carbocycles. The summed E-state index contributed by atoms with van der Waals surface area (Å²) in [4.78, 5) is 1.61. The summed E-state index contributed by atoms with van der Waals surface area (Å²) in [5, 5.41) is 0. The van der Waals surface area contributed by atoms with Crippen molar-refractivity contribution in [1.29, 1.82) is 0 Å². The molecule has 0 bridgehead atoms. The molecule has 0 heterocycles. The summed E-state index contributed by atoms with van der Waals surface area (Å²) in [6, 6.07) is 3.89. The lowest BCUT2D eigenvalue weighted by Crippen LogP contribution is -2.33. The van der Waals surface area contributed by atoms with Crippen LogP contribution in [0.2, 0.25) is 0 Å². The van der Waals surface area contributed by atoms with Gasteiger partial charge in [0.1, 0.15) is 10.7 Å². The highest BCUT2D eigenvalue weighted by atomic mass is 32.2. The van der Waals surface area contributed by atoms with Crippen LogP contribution >= 0.6 is 0 Å².